The number of methoxy groups -OCH3 is 1. The SMILES string of the molecule is COc1ccc2cc([C@H](C)C(=O)OCC(=O)N(C(C)C)C(C)C)ccc2c1. The van der Waals surface area contributed by atoms with Crippen molar-refractivity contribution in [2.24, 2.45) is 0 Å². The van der Waals surface area contributed by atoms with Crippen LogP contribution in [0.3, 0.4) is 0 Å². The zero-order valence-corrected chi connectivity index (χ0v) is 17.0. The Kier molecular flexibility index (Phi) is 6.83. The lowest BCUT2D eigenvalue weighted by atomic mass is 9.98. The molecule has 0 saturated carbocycles. The normalized spacial score (nSPS) is 12.3. The largest absolute Gasteiger partial charge is 0.497 e. The molecule has 27 heavy (non-hydrogen) atoms. The van der Waals surface area contributed by atoms with Crippen LogP contribution in [0.2, 0.25) is 0 Å². The summed E-state index contributed by atoms with van der Waals surface area (Å²) in [7, 11) is 1.63. The first-order valence-electron chi connectivity index (χ1n) is 9.30. The van der Waals surface area contributed by atoms with Gasteiger partial charge in [0.1, 0.15) is 5.75 Å². The lowest BCUT2D eigenvalue weighted by Crippen LogP contribution is -2.44. The van der Waals surface area contributed by atoms with Gasteiger partial charge in [-0.05, 0) is 63.1 Å². The van der Waals surface area contributed by atoms with Gasteiger partial charge in [-0.15, -0.1) is 0 Å². The molecule has 0 spiro atoms. The first kappa shape index (κ1) is 20.7. The maximum absolute atomic E-state index is 12.4. The van der Waals surface area contributed by atoms with Gasteiger partial charge in [-0.1, -0.05) is 24.3 Å². The Bertz CT molecular complexity index is 805. The second kappa shape index (κ2) is 8.89. The minimum Gasteiger partial charge on any atom is -0.497 e. The highest BCUT2D eigenvalue weighted by Crippen LogP contribution is 2.25. The van der Waals surface area contributed by atoms with Gasteiger partial charge in [0.2, 0.25) is 0 Å². The molecular weight excluding hydrogens is 342 g/mol. The molecule has 0 unspecified atom stereocenters. The van der Waals surface area contributed by atoms with Crippen LogP contribution in [0.1, 0.15) is 46.1 Å². The van der Waals surface area contributed by atoms with Gasteiger partial charge >= 0.3 is 5.97 Å². The van der Waals surface area contributed by atoms with Gasteiger partial charge in [-0.2, -0.15) is 0 Å². The quantitative estimate of drug-likeness (QED) is 0.687. The highest BCUT2D eigenvalue weighted by molar-refractivity contribution is 5.87. The van der Waals surface area contributed by atoms with Crippen molar-refractivity contribution in [3.8, 4) is 5.75 Å². The average Bonchev–Trinajstić information content (AvgIpc) is 2.63. The molecule has 0 aromatic heterocycles. The maximum Gasteiger partial charge on any atom is 0.313 e. The van der Waals surface area contributed by atoms with Crippen LogP contribution in [0.15, 0.2) is 36.4 Å². The van der Waals surface area contributed by atoms with Crippen LogP contribution in [0.5, 0.6) is 5.75 Å². The Morgan fingerprint density at radius 3 is 2.11 bits per heavy atom. The predicted molar refractivity (Wildman–Crippen MR) is 107 cm³/mol. The molecule has 0 bridgehead atoms. The molecule has 0 N–H and O–H groups in total. The number of fused-ring (bicyclic) bond motifs is 1. The topological polar surface area (TPSA) is 55.8 Å². The van der Waals surface area contributed by atoms with Gasteiger partial charge in [0.25, 0.3) is 5.91 Å². The van der Waals surface area contributed by atoms with Crippen molar-refractivity contribution in [1.29, 1.82) is 0 Å². The number of amides is 1. The number of hydrogen-bond donors (Lipinski definition) is 0. The summed E-state index contributed by atoms with van der Waals surface area (Å²) in [4.78, 5) is 26.5. The van der Waals surface area contributed by atoms with Crippen molar-refractivity contribution in [1.82, 2.24) is 4.90 Å². The molecule has 2 aromatic carbocycles. The number of nitrogens with zero attached hydrogens (tertiary/aromatic N) is 1. The van der Waals surface area contributed by atoms with E-state index in [0.717, 1.165) is 22.1 Å². The van der Waals surface area contributed by atoms with E-state index in [1.807, 2.05) is 64.1 Å². The zero-order chi connectivity index (χ0) is 20.1. The monoisotopic (exact) mass is 371 g/mol. The van der Waals surface area contributed by atoms with Gasteiger partial charge < -0.3 is 14.4 Å². The van der Waals surface area contributed by atoms with Crippen molar-refractivity contribution in [3.63, 3.8) is 0 Å². The lowest BCUT2D eigenvalue weighted by molar-refractivity contribution is -0.154. The van der Waals surface area contributed by atoms with Crippen molar-refractivity contribution >= 4 is 22.6 Å². The molecule has 2 rings (SSSR count). The summed E-state index contributed by atoms with van der Waals surface area (Å²) in [6, 6.07) is 11.8. The molecule has 0 saturated heterocycles. The molecule has 5 heteroatoms. The second-order valence-corrected chi connectivity index (χ2v) is 7.29. The summed E-state index contributed by atoms with van der Waals surface area (Å²) in [5.41, 5.74) is 0.856. The number of carbonyl (C=O) groups excluding carboxylic acids is 2. The van der Waals surface area contributed by atoms with E-state index >= 15 is 0 Å². The molecule has 0 fully saturated rings. The minimum atomic E-state index is -0.448. The van der Waals surface area contributed by atoms with E-state index in [0.29, 0.717) is 0 Å². The Balaban J connectivity index is 2.06. The van der Waals surface area contributed by atoms with Crippen molar-refractivity contribution < 1.29 is 19.1 Å². The summed E-state index contributed by atoms with van der Waals surface area (Å²) >= 11 is 0. The minimum absolute atomic E-state index is 0.0612. The van der Waals surface area contributed by atoms with Crippen LogP contribution in [0.25, 0.3) is 10.8 Å². The fourth-order valence-corrected chi connectivity index (χ4v) is 3.28. The Morgan fingerprint density at radius 1 is 0.926 bits per heavy atom. The molecule has 5 nitrogen and oxygen atoms in total. The maximum atomic E-state index is 12.4. The molecule has 2 aromatic rings. The number of benzene rings is 2. The first-order chi connectivity index (χ1) is 12.7. The van der Waals surface area contributed by atoms with E-state index < -0.39 is 11.9 Å². The third-order valence-electron chi connectivity index (χ3n) is 4.66. The standard InChI is InChI=1S/C22H29NO4/c1-14(2)23(15(3)4)21(24)13-27-22(25)16(5)17-7-8-19-12-20(26-6)10-9-18(19)11-17/h7-12,14-16H,13H2,1-6H3/t16-/m0/s1. The molecule has 1 amide bonds. The molecule has 0 radical (unpaired) electrons. The number of ether oxygens (including phenoxy) is 2. The molecule has 1 atom stereocenters. The molecule has 0 aliphatic heterocycles. The predicted octanol–water partition coefficient (Wildman–Crippen LogP) is 4.14. The number of esters is 1. The molecule has 146 valence electrons. The van der Waals surface area contributed by atoms with Gasteiger partial charge in [0.05, 0.1) is 13.0 Å². The lowest BCUT2D eigenvalue weighted by Gasteiger charge is -2.30. The number of carbonyl (C=O) groups is 2. The summed E-state index contributed by atoms with van der Waals surface area (Å²) in [6.07, 6.45) is 0. The fraction of sp³-hybridized carbons (Fsp3) is 0.455. The Labute approximate surface area is 161 Å². The fourth-order valence-electron chi connectivity index (χ4n) is 3.28. The summed E-state index contributed by atoms with van der Waals surface area (Å²) in [6.45, 7) is 9.36. The van der Waals surface area contributed by atoms with Crippen molar-refractivity contribution in [2.45, 2.75) is 52.6 Å². The van der Waals surface area contributed by atoms with Crippen LogP contribution in [0, 0.1) is 0 Å². The van der Waals surface area contributed by atoms with Gasteiger partial charge in [-0.25, -0.2) is 0 Å². The average molecular weight is 371 g/mol. The van der Waals surface area contributed by atoms with Gasteiger partial charge in [0, 0.05) is 12.1 Å². The number of rotatable bonds is 7. The van der Waals surface area contributed by atoms with Crippen molar-refractivity contribution in [2.75, 3.05) is 13.7 Å². The highest BCUT2D eigenvalue weighted by Gasteiger charge is 2.23. The third kappa shape index (κ3) is 5.00. The number of hydrogen-bond acceptors (Lipinski definition) is 4. The van der Waals surface area contributed by atoms with Crippen molar-refractivity contribution in [3.05, 3.63) is 42.0 Å². The molecular formula is C22H29NO4. The smallest absolute Gasteiger partial charge is 0.313 e. The molecule has 0 aliphatic carbocycles. The van der Waals surface area contributed by atoms with E-state index in [4.69, 9.17) is 9.47 Å². The van der Waals surface area contributed by atoms with E-state index in [1.165, 1.54) is 0 Å². The van der Waals surface area contributed by atoms with E-state index in [2.05, 4.69) is 0 Å². The van der Waals surface area contributed by atoms with E-state index in [-0.39, 0.29) is 24.6 Å². The van der Waals surface area contributed by atoms with Crippen LogP contribution < -0.4 is 4.74 Å². The molecule has 0 heterocycles. The van der Waals surface area contributed by atoms with Crippen LogP contribution in [-0.2, 0) is 14.3 Å². The van der Waals surface area contributed by atoms with Crippen LogP contribution in [0.4, 0.5) is 0 Å². The molecule has 0 aliphatic rings. The Hall–Kier alpha value is -2.56. The summed E-state index contributed by atoms with van der Waals surface area (Å²) in [5, 5.41) is 2.06. The summed E-state index contributed by atoms with van der Waals surface area (Å²) in [5.74, 6) is -0.230. The van der Waals surface area contributed by atoms with E-state index in [9.17, 15) is 9.59 Å². The van der Waals surface area contributed by atoms with Gasteiger partial charge in [0.15, 0.2) is 6.61 Å². The zero-order valence-electron chi connectivity index (χ0n) is 17.0. The van der Waals surface area contributed by atoms with Crippen LogP contribution >= 0.6 is 0 Å². The highest BCUT2D eigenvalue weighted by atomic mass is 16.5. The Morgan fingerprint density at radius 2 is 1.52 bits per heavy atom. The van der Waals surface area contributed by atoms with Crippen LogP contribution in [-0.4, -0.2) is 42.6 Å². The first-order valence-corrected chi connectivity index (χ1v) is 9.30. The van der Waals surface area contributed by atoms with Gasteiger partial charge in [-0.3, -0.25) is 9.59 Å². The third-order valence-corrected chi connectivity index (χ3v) is 4.66. The second-order valence-electron chi connectivity index (χ2n) is 7.29. The summed E-state index contributed by atoms with van der Waals surface area (Å²) < 4.78 is 10.5. The van der Waals surface area contributed by atoms with E-state index in [1.54, 1.807) is 18.9 Å².